The fourth-order valence-corrected chi connectivity index (χ4v) is 2.42. The Morgan fingerprint density at radius 3 is 2.69 bits per heavy atom. The van der Waals surface area contributed by atoms with Crippen molar-refractivity contribution >= 4 is 21.4 Å². The van der Waals surface area contributed by atoms with Gasteiger partial charge in [-0.15, -0.1) is 0 Å². The molecule has 0 saturated heterocycles. The minimum absolute atomic E-state index is 0.0839. The summed E-state index contributed by atoms with van der Waals surface area (Å²) in [6, 6.07) is 4.78. The number of nitrogen functional groups attached to an aromatic ring is 1. The van der Waals surface area contributed by atoms with Gasteiger partial charge in [-0.05, 0) is 18.6 Å². The summed E-state index contributed by atoms with van der Waals surface area (Å²) >= 11 is 0. The van der Waals surface area contributed by atoms with Crippen LogP contribution >= 0.6 is 0 Å². The summed E-state index contributed by atoms with van der Waals surface area (Å²) in [6.07, 6.45) is 0.562. The van der Waals surface area contributed by atoms with Crippen molar-refractivity contribution in [2.75, 3.05) is 23.3 Å². The molecule has 0 saturated carbocycles. The van der Waals surface area contributed by atoms with Crippen LogP contribution in [0.15, 0.2) is 18.2 Å². The third-order valence-corrected chi connectivity index (χ3v) is 3.44. The largest absolute Gasteiger partial charge is 0.494 e. The van der Waals surface area contributed by atoms with E-state index >= 15 is 0 Å². The molecule has 0 aromatic heterocycles. The number of nitrogens with one attached hydrogen (secondary N) is 1. The number of anilines is 2. The normalized spacial score (nSPS) is 11.1. The zero-order valence-corrected chi connectivity index (χ0v) is 10.2. The highest BCUT2D eigenvalue weighted by atomic mass is 32.2. The Bertz CT molecular complexity index is 457. The van der Waals surface area contributed by atoms with Gasteiger partial charge in [-0.3, -0.25) is 4.72 Å². The van der Waals surface area contributed by atoms with Crippen LogP contribution in [0.3, 0.4) is 0 Å². The smallest absolute Gasteiger partial charge is 0.232 e. The molecule has 0 atom stereocenters. The van der Waals surface area contributed by atoms with E-state index < -0.39 is 10.0 Å². The van der Waals surface area contributed by atoms with E-state index in [1.807, 2.05) is 0 Å². The molecule has 90 valence electrons. The van der Waals surface area contributed by atoms with Gasteiger partial charge in [0.05, 0.1) is 18.6 Å². The molecule has 0 bridgehead atoms. The molecule has 0 radical (unpaired) electrons. The molecule has 0 aliphatic rings. The highest BCUT2D eigenvalue weighted by Crippen LogP contribution is 2.27. The van der Waals surface area contributed by atoms with E-state index in [1.54, 1.807) is 25.1 Å². The molecule has 0 amide bonds. The summed E-state index contributed by atoms with van der Waals surface area (Å²) in [4.78, 5) is 0. The lowest BCUT2D eigenvalue weighted by Gasteiger charge is -2.11. The van der Waals surface area contributed by atoms with Gasteiger partial charge in [0.15, 0.2) is 0 Å². The first kappa shape index (κ1) is 12.6. The van der Waals surface area contributed by atoms with Gasteiger partial charge in [0.1, 0.15) is 5.75 Å². The fraction of sp³-hybridized carbons (Fsp3) is 0.400. The molecule has 0 unspecified atom stereocenters. The van der Waals surface area contributed by atoms with Gasteiger partial charge < -0.3 is 10.5 Å². The second kappa shape index (κ2) is 5.07. The molecule has 1 aromatic rings. The topological polar surface area (TPSA) is 81.4 Å². The number of nitrogens with two attached hydrogens (primary N) is 1. The van der Waals surface area contributed by atoms with Gasteiger partial charge >= 0.3 is 0 Å². The highest BCUT2D eigenvalue weighted by molar-refractivity contribution is 7.92. The van der Waals surface area contributed by atoms with Gasteiger partial charge in [-0.1, -0.05) is 6.92 Å². The molecule has 6 heteroatoms. The van der Waals surface area contributed by atoms with Crippen molar-refractivity contribution in [2.24, 2.45) is 0 Å². The van der Waals surface area contributed by atoms with E-state index in [-0.39, 0.29) is 5.75 Å². The monoisotopic (exact) mass is 244 g/mol. The Hall–Kier alpha value is -1.43. The van der Waals surface area contributed by atoms with Gasteiger partial charge in [-0.2, -0.15) is 0 Å². The average molecular weight is 244 g/mol. The summed E-state index contributed by atoms with van der Waals surface area (Å²) in [5.74, 6) is 0.500. The maximum Gasteiger partial charge on any atom is 0.232 e. The number of sulfonamides is 1. The quantitative estimate of drug-likeness (QED) is 0.768. The Morgan fingerprint density at radius 2 is 2.12 bits per heavy atom. The van der Waals surface area contributed by atoms with E-state index in [1.165, 1.54) is 7.11 Å². The fourth-order valence-electron chi connectivity index (χ4n) is 1.28. The van der Waals surface area contributed by atoms with Gasteiger partial charge in [-0.25, -0.2) is 8.42 Å². The molecule has 3 N–H and O–H groups in total. The predicted octanol–water partition coefficient (Wildman–Crippen LogP) is 1.43. The van der Waals surface area contributed by atoms with Crippen molar-refractivity contribution in [3.05, 3.63) is 18.2 Å². The maximum absolute atomic E-state index is 11.6. The van der Waals surface area contributed by atoms with E-state index in [0.29, 0.717) is 23.5 Å². The zero-order valence-electron chi connectivity index (χ0n) is 9.36. The molecule has 5 nitrogen and oxygen atoms in total. The first-order chi connectivity index (χ1) is 7.48. The SMILES string of the molecule is CCCS(=O)(=O)Nc1ccc(N)cc1OC. The van der Waals surface area contributed by atoms with Crippen molar-refractivity contribution in [1.82, 2.24) is 0 Å². The first-order valence-electron chi connectivity index (χ1n) is 4.92. The number of benzene rings is 1. The standard InChI is InChI=1S/C10H16N2O3S/c1-3-6-16(13,14)12-9-5-4-8(11)7-10(9)15-2/h4-5,7,12H,3,6,11H2,1-2H3. The van der Waals surface area contributed by atoms with Crippen molar-refractivity contribution in [3.8, 4) is 5.75 Å². The van der Waals surface area contributed by atoms with Crippen molar-refractivity contribution in [1.29, 1.82) is 0 Å². The third kappa shape index (κ3) is 3.30. The minimum Gasteiger partial charge on any atom is -0.494 e. The molecule has 16 heavy (non-hydrogen) atoms. The number of hydrogen-bond acceptors (Lipinski definition) is 4. The second-order valence-electron chi connectivity index (χ2n) is 3.38. The Labute approximate surface area is 95.7 Å². The minimum atomic E-state index is -3.30. The van der Waals surface area contributed by atoms with Crippen LogP contribution < -0.4 is 15.2 Å². The molecule has 0 fully saturated rings. The number of ether oxygens (including phenoxy) is 1. The van der Waals surface area contributed by atoms with Gasteiger partial charge in [0, 0.05) is 11.8 Å². The summed E-state index contributed by atoms with van der Waals surface area (Å²) in [5, 5.41) is 0. The Kier molecular flexibility index (Phi) is 4.00. The Balaban J connectivity index is 2.97. The maximum atomic E-state index is 11.6. The number of rotatable bonds is 5. The van der Waals surface area contributed by atoms with Crippen LogP contribution in [0.1, 0.15) is 13.3 Å². The van der Waals surface area contributed by atoms with Crippen LogP contribution in [0.4, 0.5) is 11.4 Å². The van der Waals surface area contributed by atoms with Crippen LogP contribution in [0.2, 0.25) is 0 Å². The van der Waals surface area contributed by atoms with Gasteiger partial charge in [0.25, 0.3) is 0 Å². The lowest BCUT2D eigenvalue weighted by atomic mass is 10.2. The van der Waals surface area contributed by atoms with Crippen LogP contribution in [0.25, 0.3) is 0 Å². The zero-order chi connectivity index (χ0) is 12.2. The van der Waals surface area contributed by atoms with Crippen molar-refractivity contribution in [3.63, 3.8) is 0 Å². The van der Waals surface area contributed by atoms with Crippen LogP contribution in [0.5, 0.6) is 5.75 Å². The van der Waals surface area contributed by atoms with Crippen molar-refractivity contribution in [2.45, 2.75) is 13.3 Å². The molecule has 0 aliphatic carbocycles. The van der Waals surface area contributed by atoms with E-state index in [2.05, 4.69) is 4.72 Å². The molecule has 0 heterocycles. The van der Waals surface area contributed by atoms with E-state index in [9.17, 15) is 8.42 Å². The van der Waals surface area contributed by atoms with Crippen LogP contribution in [0, 0.1) is 0 Å². The molecular formula is C10H16N2O3S. The number of hydrogen-bond donors (Lipinski definition) is 2. The van der Waals surface area contributed by atoms with Crippen LogP contribution in [-0.4, -0.2) is 21.3 Å². The molecule has 1 aromatic carbocycles. The summed E-state index contributed by atoms with van der Waals surface area (Å²) in [6.45, 7) is 1.81. The lowest BCUT2D eigenvalue weighted by Crippen LogP contribution is -2.16. The molecule has 0 aliphatic heterocycles. The summed E-state index contributed by atoms with van der Waals surface area (Å²) < 4.78 is 30.6. The summed E-state index contributed by atoms with van der Waals surface area (Å²) in [5.41, 5.74) is 6.50. The van der Waals surface area contributed by atoms with E-state index in [4.69, 9.17) is 10.5 Å². The lowest BCUT2D eigenvalue weighted by molar-refractivity contribution is 0.417. The van der Waals surface area contributed by atoms with Gasteiger partial charge in [0.2, 0.25) is 10.0 Å². The molecule has 0 spiro atoms. The second-order valence-corrected chi connectivity index (χ2v) is 5.22. The third-order valence-electron chi connectivity index (χ3n) is 1.96. The Morgan fingerprint density at radius 1 is 1.44 bits per heavy atom. The first-order valence-corrected chi connectivity index (χ1v) is 6.57. The molecule has 1 rings (SSSR count). The number of methoxy groups -OCH3 is 1. The average Bonchev–Trinajstić information content (AvgIpc) is 2.20. The predicted molar refractivity (Wildman–Crippen MR) is 65.1 cm³/mol. The highest BCUT2D eigenvalue weighted by Gasteiger charge is 2.12. The van der Waals surface area contributed by atoms with E-state index in [0.717, 1.165) is 0 Å². The van der Waals surface area contributed by atoms with Crippen molar-refractivity contribution < 1.29 is 13.2 Å². The molecular weight excluding hydrogens is 228 g/mol. The summed E-state index contributed by atoms with van der Waals surface area (Å²) in [7, 11) is -1.84. The van der Waals surface area contributed by atoms with Crippen LogP contribution in [-0.2, 0) is 10.0 Å².